The van der Waals surface area contributed by atoms with Gasteiger partial charge in [0.1, 0.15) is 12.4 Å². The molecule has 1 heterocycles. The monoisotopic (exact) mass is 249 g/mol. The van der Waals surface area contributed by atoms with Gasteiger partial charge in [-0.3, -0.25) is 0 Å². The van der Waals surface area contributed by atoms with Gasteiger partial charge < -0.3 is 9.67 Å². The minimum atomic E-state index is 0.000531. The van der Waals surface area contributed by atoms with E-state index < -0.39 is 0 Å². The highest BCUT2D eigenvalue weighted by atomic mass is 16.3. The third-order valence-corrected chi connectivity index (χ3v) is 4.61. The van der Waals surface area contributed by atoms with Gasteiger partial charge in [0.2, 0.25) is 0 Å². The Kier molecular flexibility index (Phi) is 3.14. The molecule has 3 atom stereocenters. The van der Waals surface area contributed by atoms with E-state index in [1.54, 1.807) is 0 Å². The van der Waals surface area contributed by atoms with Crippen molar-refractivity contribution in [1.82, 2.24) is 14.8 Å². The molecular formula is C14H23N3O. The third-order valence-electron chi connectivity index (χ3n) is 4.61. The van der Waals surface area contributed by atoms with Gasteiger partial charge >= 0.3 is 0 Å². The lowest BCUT2D eigenvalue weighted by molar-refractivity contribution is 0.260. The number of hydrogen-bond acceptors (Lipinski definition) is 3. The average molecular weight is 249 g/mol. The van der Waals surface area contributed by atoms with Gasteiger partial charge in [0.15, 0.2) is 5.82 Å². The van der Waals surface area contributed by atoms with E-state index in [1.165, 1.54) is 25.7 Å². The minimum absolute atomic E-state index is 0.000531. The van der Waals surface area contributed by atoms with E-state index in [4.69, 9.17) is 0 Å². The van der Waals surface area contributed by atoms with Crippen molar-refractivity contribution in [2.24, 2.45) is 17.8 Å². The van der Waals surface area contributed by atoms with Crippen molar-refractivity contribution < 1.29 is 5.11 Å². The molecular weight excluding hydrogens is 226 g/mol. The number of hydrogen-bond donors (Lipinski definition) is 1. The summed E-state index contributed by atoms with van der Waals surface area (Å²) in [6, 6.07) is 0. The van der Waals surface area contributed by atoms with E-state index in [1.807, 2.05) is 0 Å². The van der Waals surface area contributed by atoms with Gasteiger partial charge in [0.05, 0.1) is 0 Å². The van der Waals surface area contributed by atoms with Crippen molar-refractivity contribution in [3.05, 3.63) is 11.6 Å². The largest absolute Gasteiger partial charge is 0.388 e. The summed E-state index contributed by atoms with van der Waals surface area (Å²) in [6.45, 7) is 5.32. The zero-order valence-corrected chi connectivity index (χ0v) is 11.3. The fraction of sp³-hybridized carbons (Fsp3) is 0.857. The van der Waals surface area contributed by atoms with Crippen LogP contribution in [-0.4, -0.2) is 19.9 Å². The highest BCUT2D eigenvalue weighted by Crippen LogP contribution is 2.52. The molecule has 2 fully saturated rings. The van der Waals surface area contributed by atoms with Crippen LogP contribution in [0.1, 0.15) is 57.1 Å². The van der Waals surface area contributed by atoms with Crippen molar-refractivity contribution in [1.29, 1.82) is 0 Å². The quantitative estimate of drug-likeness (QED) is 0.891. The van der Waals surface area contributed by atoms with Crippen LogP contribution < -0.4 is 0 Å². The van der Waals surface area contributed by atoms with E-state index >= 15 is 0 Å². The SMILES string of the molecule is CC(C)Cn1c(CO)nnc1C1CC2CCC1C2. The number of aromatic nitrogens is 3. The average Bonchev–Trinajstić information content (AvgIpc) is 3.01. The lowest BCUT2D eigenvalue weighted by atomic mass is 9.88. The lowest BCUT2D eigenvalue weighted by Gasteiger charge is -2.22. The molecule has 18 heavy (non-hydrogen) atoms. The Balaban J connectivity index is 1.89. The normalized spacial score (nSPS) is 30.6. The molecule has 1 aromatic rings. The molecule has 1 aromatic heterocycles. The fourth-order valence-corrected chi connectivity index (χ4v) is 3.87. The zero-order valence-electron chi connectivity index (χ0n) is 11.3. The van der Waals surface area contributed by atoms with Gasteiger partial charge in [0, 0.05) is 12.5 Å². The van der Waals surface area contributed by atoms with Gasteiger partial charge in [-0.05, 0) is 37.0 Å². The summed E-state index contributed by atoms with van der Waals surface area (Å²) < 4.78 is 2.18. The van der Waals surface area contributed by atoms with E-state index in [0.717, 1.165) is 30.0 Å². The standard InChI is InChI=1S/C14H23N3O/c1-9(2)7-17-13(8-18)15-16-14(17)12-6-10-3-4-11(12)5-10/h9-12,18H,3-8H2,1-2H3. The van der Waals surface area contributed by atoms with Crippen LogP contribution in [-0.2, 0) is 13.2 Å². The molecule has 100 valence electrons. The topological polar surface area (TPSA) is 50.9 Å². The van der Waals surface area contributed by atoms with Crippen LogP contribution in [0.2, 0.25) is 0 Å². The van der Waals surface area contributed by atoms with E-state index in [2.05, 4.69) is 28.6 Å². The first-order chi connectivity index (χ1) is 8.69. The molecule has 2 aliphatic carbocycles. The first-order valence-corrected chi connectivity index (χ1v) is 7.21. The fourth-order valence-electron chi connectivity index (χ4n) is 3.87. The van der Waals surface area contributed by atoms with Crippen LogP contribution in [0.25, 0.3) is 0 Å². The molecule has 3 rings (SSSR count). The Labute approximate surface area is 108 Å². The molecule has 0 radical (unpaired) electrons. The van der Waals surface area contributed by atoms with Crippen molar-refractivity contribution in [2.45, 2.75) is 58.6 Å². The summed E-state index contributed by atoms with van der Waals surface area (Å²) in [5.41, 5.74) is 0. The molecule has 0 aliphatic heterocycles. The molecule has 4 nitrogen and oxygen atoms in total. The highest BCUT2D eigenvalue weighted by Gasteiger charge is 2.42. The van der Waals surface area contributed by atoms with Crippen LogP contribution in [0.5, 0.6) is 0 Å². The molecule has 4 heteroatoms. The number of fused-ring (bicyclic) bond motifs is 2. The van der Waals surface area contributed by atoms with Crippen LogP contribution in [0.3, 0.4) is 0 Å². The molecule has 1 N–H and O–H groups in total. The molecule has 0 aromatic carbocycles. The van der Waals surface area contributed by atoms with Crippen molar-refractivity contribution in [3.63, 3.8) is 0 Å². The molecule has 0 saturated heterocycles. The maximum atomic E-state index is 9.40. The predicted octanol–water partition coefficient (Wildman–Crippen LogP) is 2.33. The van der Waals surface area contributed by atoms with Crippen LogP contribution in [0, 0.1) is 17.8 Å². The van der Waals surface area contributed by atoms with E-state index in [0.29, 0.717) is 11.8 Å². The van der Waals surface area contributed by atoms with Crippen molar-refractivity contribution >= 4 is 0 Å². The second kappa shape index (κ2) is 4.65. The maximum Gasteiger partial charge on any atom is 0.158 e. The lowest BCUT2D eigenvalue weighted by Crippen LogP contribution is -2.18. The Morgan fingerprint density at radius 2 is 2.11 bits per heavy atom. The van der Waals surface area contributed by atoms with Crippen LogP contribution in [0.15, 0.2) is 0 Å². The first-order valence-electron chi connectivity index (χ1n) is 7.21. The maximum absolute atomic E-state index is 9.40. The van der Waals surface area contributed by atoms with Gasteiger partial charge in [-0.15, -0.1) is 10.2 Å². The Bertz CT molecular complexity index is 427. The predicted molar refractivity (Wildman–Crippen MR) is 69.0 cm³/mol. The first kappa shape index (κ1) is 12.2. The summed E-state index contributed by atoms with van der Waals surface area (Å²) >= 11 is 0. The van der Waals surface area contributed by atoms with Gasteiger partial charge in [-0.1, -0.05) is 20.3 Å². The Morgan fingerprint density at radius 1 is 1.28 bits per heavy atom. The summed E-state index contributed by atoms with van der Waals surface area (Å²) in [5, 5.41) is 18.0. The van der Waals surface area contributed by atoms with Crippen molar-refractivity contribution in [2.75, 3.05) is 0 Å². The summed E-state index contributed by atoms with van der Waals surface area (Å²) in [4.78, 5) is 0. The Morgan fingerprint density at radius 3 is 2.67 bits per heavy atom. The van der Waals surface area contributed by atoms with Crippen LogP contribution in [0.4, 0.5) is 0 Å². The number of aliphatic hydroxyl groups is 1. The van der Waals surface area contributed by atoms with Crippen molar-refractivity contribution in [3.8, 4) is 0 Å². The summed E-state index contributed by atoms with van der Waals surface area (Å²) in [5.74, 6) is 4.76. The third kappa shape index (κ3) is 1.96. The highest BCUT2D eigenvalue weighted by molar-refractivity contribution is 5.10. The molecule has 0 amide bonds. The summed E-state index contributed by atoms with van der Waals surface area (Å²) in [6.07, 6.45) is 5.44. The minimum Gasteiger partial charge on any atom is -0.388 e. The number of rotatable bonds is 4. The zero-order chi connectivity index (χ0) is 12.7. The van der Waals surface area contributed by atoms with E-state index in [9.17, 15) is 5.11 Å². The van der Waals surface area contributed by atoms with E-state index in [-0.39, 0.29) is 6.61 Å². The summed E-state index contributed by atoms with van der Waals surface area (Å²) in [7, 11) is 0. The molecule has 3 unspecified atom stereocenters. The molecule has 2 bridgehead atoms. The second-order valence-corrected chi connectivity index (χ2v) is 6.42. The molecule has 2 aliphatic rings. The number of aliphatic hydroxyl groups excluding tert-OH is 1. The second-order valence-electron chi connectivity index (χ2n) is 6.42. The number of nitrogens with zero attached hydrogens (tertiary/aromatic N) is 3. The molecule has 2 saturated carbocycles. The smallest absolute Gasteiger partial charge is 0.158 e. The van der Waals surface area contributed by atoms with Crippen LogP contribution >= 0.6 is 0 Å². The van der Waals surface area contributed by atoms with Gasteiger partial charge in [0.25, 0.3) is 0 Å². The van der Waals surface area contributed by atoms with Gasteiger partial charge in [-0.2, -0.15) is 0 Å². The Hall–Kier alpha value is -0.900. The van der Waals surface area contributed by atoms with Gasteiger partial charge in [-0.25, -0.2) is 0 Å². The molecule has 0 spiro atoms.